The standard InChI is InChI=1S/C7H12F3N3O3.ClH/c1-6(2,7(8,9)10)3(4(14)13-11)12-5(15)16;/h3,12H,11H2,1-2H3,(H,13,14)(H,15,16);1H/t3-;/m1./s1. The zero-order valence-electron chi connectivity index (χ0n) is 8.96. The molecule has 0 spiro atoms. The number of carboxylic acid groups (broad SMARTS) is 1. The summed E-state index contributed by atoms with van der Waals surface area (Å²) in [6.07, 6.45) is -6.50. The van der Waals surface area contributed by atoms with E-state index in [0.717, 1.165) is 0 Å². The predicted molar refractivity (Wildman–Crippen MR) is 54.4 cm³/mol. The number of halogens is 4. The maximum atomic E-state index is 12.6. The van der Waals surface area contributed by atoms with Crippen molar-refractivity contribution in [1.82, 2.24) is 10.7 Å². The van der Waals surface area contributed by atoms with E-state index in [2.05, 4.69) is 5.84 Å². The fraction of sp³-hybridized carbons (Fsp3) is 0.714. The third kappa shape index (κ3) is 4.27. The molecule has 0 unspecified atom stereocenters. The van der Waals surface area contributed by atoms with Gasteiger partial charge in [0.25, 0.3) is 5.91 Å². The van der Waals surface area contributed by atoms with Gasteiger partial charge in [0.15, 0.2) is 0 Å². The third-order valence-electron chi connectivity index (χ3n) is 2.12. The fourth-order valence-corrected chi connectivity index (χ4v) is 0.944. The molecule has 0 aliphatic carbocycles. The lowest BCUT2D eigenvalue weighted by Gasteiger charge is -2.34. The summed E-state index contributed by atoms with van der Waals surface area (Å²) in [7, 11) is 0. The molecule has 102 valence electrons. The minimum absolute atomic E-state index is 0. The van der Waals surface area contributed by atoms with Crippen LogP contribution in [0.15, 0.2) is 0 Å². The highest BCUT2D eigenvalue weighted by Gasteiger charge is 2.55. The summed E-state index contributed by atoms with van der Waals surface area (Å²) in [6.45, 7) is 1.39. The maximum Gasteiger partial charge on any atom is 0.405 e. The van der Waals surface area contributed by atoms with Crippen molar-refractivity contribution in [2.24, 2.45) is 11.3 Å². The van der Waals surface area contributed by atoms with Gasteiger partial charge in [0.05, 0.1) is 5.41 Å². The summed E-state index contributed by atoms with van der Waals surface area (Å²) in [6, 6.07) is -2.02. The van der Waals surface area contributed by atoms with Crippen LogP contribution in [-0.2, 0) is 4.79 Å². The van der Waals surface area contributed by atoms with Crippen LogP contribution in [-0.4, -0.2) is 29.3 Å². The SMILES string of the molecule is CC(C)([C@H](NC(=O)O)C(=O)NN)C(F)(F)F.Cl. The number of rotatable bonds is 3. The highest BCUT2D eigenvalue weighted by molar-refractivity contribution is 5.86. The van der Waals surface area contributed by atoms with E-state index < -0.39 is 29.6 Å². The van der Waals surface area contributed by atoms with Gasteiger partial charge in [-0.05, 0) is 13.8 Å². The molecule has 0 bridgehead atoms. The summed E-state index contributed by atoms with van der Waals surface area (Å²) in [5.74, 6) is 3.43. The van der Waals surface area contributed by atoms with Gasteiger partial charge in [0, 0.05) is 0 Å². The van der Waals surface area contributed by atoms with E-state index >= 15 is 0 Å². The van der Waals surface area contributed by atoms with Crippen molar-refractivity contribution in [2.45, 2.75) is 26.1 Å². The molecule has 0 aromatic heterocycles. The number of carbonyl (C=O) groups excluding carboxylic acids is 1. The van der Waals surface area contributed by atoms with Gasteiger partial charge in [-0.2, -0.15) is 13.2 Å². The Morgan fingerprint density at radius 2 is 1.71 bits per heavy atom. The van der Waals surface area contributed by atoms with Crippen molar-refractivity contribution < 1.29 is 27.9 Å². The van der Waals surface area contributed by atoms with Gasteiger partial charge in [0.2, 0.25) is 0 Å². The molecule has 10 heteroatoms. The van der Waals surface area contributed by atoms with Crippen molar-refractivity contribution in [3.63, 3.8) is 0 Å². The number of hydrazine groups is 1. The molecule has 1 atom stereocenters. The van der Waals surface area contributed by atoms with Crippen molar-refractivity contribution >= 4 is 24.4 Å². The first-order chi connectivity index (χ1) is 7.04. The minimum atomic E-state index is -4.76. The lowest BCUT2D eigenvalue weighted by molar-refractivity contribution is -0.220. The largest absolute Gasteiger partial charge is 0.465 e. The van der Waals surface area contributed by atoms with Crippen molar-refractivity contribution in [3.8, 4) is 0 Å². The molecule has 0 saturated heterocycles. The van der Waals surface area contributed by atoms with Gasteiger partial charge in [0.1, 0.15) is 6.04 Å². The van der Waals surface area contributed by atoms with Gasteiger partial charge >= 0.3 is 12.3 Å². The van der Waals surface area contributed by atoms with Crippen LogP contribution in [0, 0.1) is 5.41 Å². The van der Waals surface area contributed by atoms with Crippen LogP contribution >= 0.6 is 12.4 Å². The molecular weight excluding hydrogens is 267 g/mol. The molecule has 6 nitrogen and oxygen atoms in total. The van der Waals surface area contributed by atoms with Crippen LogP contribution in [0.1, 0.15) is 13.8 Å². The minimum Gasteiger partial charge on any atom is -0.465 e. The number of alkyl halides is 3. The van der Waals surface area contributed by atoms with Gasteiger partial charge in [-0.3, -0.25) is 10.2 Å². The third-order valence-corrected chi connectivity index (χ3v) is 2.12. The smallest absolute Gasteiger partial charge is 0.405 e. The fourth-order valence-electron chi connectivity index (χ4n) is 0.944. The monoisotopic (exact) mass is 279 g/mol. The van der Waals surface area contributed by atoms with Gasteiger partial charge in [-0.25, -0.2) is 10.6 Å². The molecule has 0 saturated carbocycles. The molecule has 0 heterocycles. The Morgan fingerprint density at radius 1 is 1.29 bits per heavy atom. The number of amides is 2. The van der Waals surface area contributed by atoms with Gasteiger partial charge < -0.3 is 10.4 Å². The van der Waals surface area contributed by atoms with Crippen LogP contribution in [0.2, 0.25) is 0 Å². The summed E-state index contributed by atoms with van der Waals surface area (Å²) in [5.41, 5.74) is -1.09. The lowest BCUT2D eigenvalue weighted by Crippen LogP contribution is -2.60. The van der Waals surface area contributed by atoms with E-state index in [-0.39, 0.29) is 12.4 Å². The molecule has 5 N–H and O–H groups in total. The van der Waals surface area contributed by atoms with E-state index in [1.165, 1.54) is 10.7 Å². The van der Waals surface area contributed by atoms with Gasteiger partial charge in [-0.15, -0.1) is 12.4 Å². The first kappa shape index (κ1) is 18.2. The van der Waals surface area contributed by atoms with Crippen LogP contribution in [0.3, 0.4) is 0 Å². The number of nitrogens with one attached hydrogen (secondary N) is 2. The zero-order valence-corrected chi connectivity index (χ0v) is 9.78. The summed E-state index contributed by atoms with van der Waals surface area (Å²) in [4.78, 5) is 21.4. The molecule has 0 rings (SSSR count). The normalized spacial score (nSPS) is 13.3. The number of hydrogen-bond acceptors (Lipinski definition) is 3. The van der Waals surface area contributed by atoms with E-state index in [0.29, 0.717) is 13.8 Å². The highest BCUT2D eigenvalue weighted by atomic mass is 35.5. The maximum absolute atomic E-state index is 12.6. The molecule has 0 aliphatic rings. The molecule has 0 fully saturated rings. The average molecular weight is 280 g/mol. The Kier molecular flexibility index (Phi) is 6.32. The van der Waals surface area contributed by atoms with Crippen LogP contribution in [0.5, 0.6) is 0 Å². The second-order valence-corrected chi connectivity index (χ2v) is 3.61. The van der Waals surface area contributed by atoms with Crippen molar-refractivity contribution in [1.29, 1.82) is 0 Å². The van der Waals surface area contributed by atoms with E-state index in [4.69, 9.17) is 5.11 Å². The second kappa shape index (κ2) is 5.92. The molecular formula is C7H13ClF3N3O3. The molecule has 0 radical (unpaired) electrons. The van der Waals surface area contributed by atoms with Crippen molar-refractivity contribution in [2.75, 3.05) is 0 Å². The van der Waals surface area contributed by atoms with Crippen LogP contribution < -0.4 is 16.6 Å². The summed E-state index contributed by atoms with van der Waals surface area (Å²) >= 11 is 0. The number of carbonyl (C=O) groups is 2. The van der Waals surface area contributed by atoms with E-state index in [1.54, 1.807) is 0 Å². The van der Waals surface area contributed by atoms with Crippen LogP contribution in [0.25, 0.3) is 0 Å². The summed E-state index contributed by atoms with van der Waals surface area (Å²) in [5, 5.41) is 9.84. The first-order valence-corrected chi connectivity index (χ1v) is 4.10. The van der Waals surface area contributed by atoms with Crippen LogP contribution in [0.4, 0.5) is 18.0 Å². The first-order valence-electron chi connectivity index (χ1n) is 4.10. The van der Waals surface area contributed by atoms with E-state index in [9.17, 15) is 22.8 Å². The Morgan fingerprint density at radius 3 is 1.94 bits per heavy atom. The Bertz CT molecular complexity index is 296. The molecule has 0 aromatic carbocycles. The molecule has 0 aliphatic heterocycles. The Balaban J connectivity index is 0. The topological polar surface area (TPSA) is 104 Å². The Hall–Kier alpha value is -1.22. The van der Waals surface area contributed by atoms with Gasteiger partial charge in [-0.1, -0.05) is 0 Å². The predicted octanol–water partition coefficient (Wildman–Crippen LogP) is 0.623. The van der Waals surface area contributed by atoms with Crippen molar-refractivity contribution in [3.05, 3.63) is 0 Å². The number of nitrogens with two attached hydrogens (primary N) is 1. The molecule has 17 heavy (non-hydrogen) atoms. The Labute approximate surface area is 101 Å². The highest BCUT2D eigenvalue weighted by Crippen LogP contribution is 2.40. The second-order valence-electron chi connectivity index (χ2n) is 3.61. The average Bonchev–Trinajstić information content (AvgIpc) is 2.10. The lowest BCUT2D eigenvalue weighted by atomic mass is 9.83. The van der Waals surface area contributed by atoms with E-state index in [1.807, 2.05) is 0 Å². The number of hydrogen-bond donors (Lipinski definition) is 4. The molecule has 2 amide bonds. The molecule has 0 aromatic rings. The quantitative estimate of drug-likeness (QED) is 0.345. The summed E-state index contributed by atoms with van der Waals surface area (Å²) < 4.78 is 37.7. The zero-order chi connectivity index (χ0) is 13.1.